The molecule has 0 saturated heterocycles. The SMILES string of the molecule is COC(=O)c1ccc(NC(=O)CSc2nnc3c(n2)-c2cccc4cccc-3c24)cc1. The van der Waals surface area contributed by atoms with Crippen LogP contribution in [0.5, 0.6) is 0 Å². The molecule has 0 unspecified atom stereocenters. The van der Waals surface area contributed by atoms with E-state index in [1.165, 1.54) is 18.9 Å². The van der Waals surface area contributed by atoms with Crippen molar-refractivity contribution in [3.8, 4) is 22.5 Å². The number of methoxy groups -OCH3 is 1. The summed E-state index contributed by atoms with van der Waals surface area (Å²) in [4.78, 5) is 28.5. The van der Waals surface area contributed by atoms with Gasteiger partial charge in [0.1, 0.15) is 11.4 Å². The second-order valence-corrected chi connectivity index (χ2v) is 7.85. The van der Waals surface area contributed by atoms with E-state index in [-0.39, 0.29) is 11.7 Å². The van der Waals surface area contributed by atoms with Crippen LogP contribution in [0.25, 0.3) is 33.3 Å². The molecule has 31 heavy (non-hydrogen) atoms. The summed E-state index contributed by atoms with van der Waals surface area (Å²) < 4.78 is 4.67. The third kappa shape index (κ3) is 3.51. The first-order valence-electron chi connectivity index (χ1n) is 9.52. The highest BCUT2D eigenvalue weighted by Crippen LogP contribution is 2.44. The fraction of sp³-hybridized carbons (Fsp3) is 0.0870. The van der Waals surface area contributed by atoms with E-state index in [0.29, 0.717) is 16.4 Å². The highest BCUT2D eigenvalue weighted by molar-refractivity contribution is 7.99. The van der Waals surface area contributed by atoms with Crippen LogP contribution in [0.4, 0.5) is 5.69 Å². The van der Waals surface area contributed by atoms with Gasteiger partial charge in [-0.3, -0.25) is 4.79 Å². The van der Waals surface area contributed by atoms with Crippen molar-refractivity contribution >= 4 is 40.1 Å². The van der Waals surface area contributed by atoms with Crippen molar-refractivity contribution in [1.82, 2.24) is 15.2 Å². The quantitative estimate of drug-likeness (QED) is 0.331. The molecule has 0 atom stereocenters. The average molecular weight is 428 g/mol. The van der Waals surface area contributed by atoms with Crippen LogP contribution >= 0.6 is 11.8 Å². The Kier molecular flexibility index (Phi) is 4.83. The van der Waals surface area contributed by atoms with Gasteiger partial charge in [0.15, 0.2) is 0 Å². The minimum Gasteiger partial charge on any atom is -0.465 e. The Hall–Kier alpha value is -3.78. The van der Waals surface area contributed by atoms with Gasteiger partial charge in [-0.2, -0.15) is 0 Å². The number of nitrogens with zero attached hydrogens (tertiary/aromatic N) is 3. The van der Waals surface area contributed by atoms with Crippen LogP contribution in [0, 0.1) is 0 Å². The van der Waals surface area contributed by atoms with Crippen LogP contribution in [0.15, 0.2) is 65.8 Å². The topological polar surface area (TPSA) is 94.1 Å². The number of hydrogen-bond donors (Lipinski definition) is 1. The monoisotopic (exact) mass is 428 g/mol. The molecule has 1 aromatic heterocycles. The maximum Gasteiger partial charge on any atom is 0.337 e. The lowest BCUT2D eigenvalue weighted by Gasteiger charge is -2.06. The lowest BCUT2D eigenvalue weighted by molar-refractivity contribution is -0.113. The van der Waals surface area contributed by atoms with E-state index < -0.39 is 5.97 Å². The fourth-order valence-corrected chi connectivity index (χ4v) is 4.20. The molecule has 3 aromatic carbocycles. The summed E-state index contributed by atoms with van der Waals surface area (Å²) in [6.45, 7) is 0. The molecule has 1 N–H and O–H groups in total. The maximum atomic E-state index is 12.3. The standard InChI is InChI=1S/C23H16N4O3S/c1-30-22(29)14-8-10-15(11-9-14)24-18(28)12-31-23-25-20-16-6-2-4-13-5-3-7-17(19(13)16)21(20)26-27-23/h2-11H,12H2,1H3,(H,24,28). The third-order valence-corrected chi connectivity index (χ3v) is 5.84. The summed E-state index contributed by atoms with van der Waals surface area (Å²) in [6, 6.07) is 18.7. The van der Waals surface area contributed by atoms with Gasteiger partial charge in [0.25, 0.3) is 0 Å². The van der Waals surface area contributed by atoms with Crippen molar-refractivity contribution in [2.45, 2.75) is 5.16 Å². The summed E-state index contributed by atoms with van der Waals surface area (Å²) in [5.41, 5.74) is 4.65. The number of esters is 1. The number of rotatable bonds is 5. The Morgan fingerprint density at radius 1 is 0.935 bits per heavy atom. The van der Waals surface area contributed by atoms with Crippen LogP contribution in [0.1, 0.15) is 10.4 Å². The molecule has 5 rings (SSSR count). The molecule has 0 radical (unpaired) electrons. The zero-order chi connectivity index (χ0) is 21.4. The molecular formula is C23H16N4O3S. The third-order valence-electron chi connectivity index (χ3n) is 5.00. The minimum absolute atomic E-state index is 0.135. The molecular weight excluding hydrogens is 412 g/mol. The zero-order valence-corrected chi connectivity index (χ0v) is 17.3. The van der Waals surface area contributed by atoms with Gasteiger partial charge in [0.05, 0.1) is 18.4 Å². The molecule has 1 aliphatic carbocycles. The van der Waals surface area contributed by atoms with Gasteiger partial charge < -0.3 is 10.1 Å². The molecule has 1 aliphatic rings. The van der Waals surface area contributed by atoms with Crippen LogP contribution in [-0.4, -0.2) is 39.9 Å². The van der Waals surface area contributed by atoms with E-state index in [1.807, 2.05) is 24.3 Å². The number of fused-ring (bicyclic) bond motifs is 3. The average Bonchev–Trinajstić information content (AvgIpc) is 3.13. The minimum atomic E-state index is -0.424. The molecule has 0 aliphatic heterocycles. The van der Waals surface area contributed by atoms with Crippen LogP contribution < -0.4 is 5.32 Å². The second kappa shape index (κ2) is 7.81. The first-order chi connectivity index (χ1) is 15.1. The molecule has 7 nitrogen and oxygen atoms in total. The van der Waals surface area contributed by atoms with Gasteiger partial charge in [-0.15, -0.1) is 10.2 Å². The van der Waals surface area contributed by atoms with Crippen molar-refractivity contribution in [2.75, 3.05) is 18.2 Å². The van der Waals surface area contributed by atoms with Crippen molar-refractivity contribution < 1.29 is 14.3 Å². The number of ether oxygens (including phenoxy) is 1. The van der Waals surface area contributed by atoms with Gasteiger partial charge in [-0.1, -0.05) is 48.2 Å². The van der Waals surface area contributed by atoms with Crippen LogP contribution in [0.3, 0.4) is 0 Å². The molecule has 4 aromatic rings. The number of carbonyl (C=O) groups is 2. The maximum absolute atomic E-state index is 12.3. The zero-order valence-electron chi connectivity index (χ0n) is 16.5. The number of anilines is 1. The summed E-state index contributed by atoms with van der Waals surface area (Å²) in [6.07, 6.45) is 0. The first-order valence-corrected chi connectivity index (χ1v) is 10.5. The van der Waals surface area contributed by atoms with E-state index in [4.69, 9.17) is 0 Å². The number of hydrogen-bond acceptors (Lipinski definition) is 7. The Morgan fingerprint density at radius 2 is 1.65 bits per heavy atom. The molecule has 152 valence electrons. The molecule has 1 heterocycles. The number of benzene rings is 3. The smallest absolute Gasteiger partial charge is 0.337 e. The number of nitrogens with one attached hydrogen (secondary N) is 1. The normalized spacial score (nSPS) is 11.3. The predicted molar refractivity (Wildman–Crippen MR) is 119 cm³/mol. The molecule has 1 amide bonds. The highest BCUT2D eigenvalue weighted by Gasteiger charge is 2.25. The first kappa shape index (κ1) is 19.2. The van der Waals surface area contributed by atoms with E-state index in [1.54, 1.807) is 24.3 Å². The Balaban J connectivity index is 1.29. The summed E-state index contributed by atoms with van der Waals surface area (Å²) in [7, 11) is 1.32. The van der Waals surface area contributed by atoms with Crippen molar-refractivity contribution in [3.63, 3.8) is 0 Å². The van der Waals surface area contributed by atoms with E-state index in [0.717, 1.165) is 33.3 Å². The molecule has 8 heteroatoms. The highest BCUT2D eigenvalue weighted by atomic mass is 32.2. The second-order valence-electron chi connectivity index (χ2n) is 6.91. The van der Waals surface area contributed by atoms with E-state index in [2.05, 4.69) is 37.4 Å². The van der Waals surface area contributed by atoms with E-state index >= 15 is 0 Å². The summed E-state index contributed by atoms with van der Waals surface area (Å²) in [5, 5.41) is 14.1. The molecule has 0 bridgehead atoms. The number of carbonyl (C=O) groups excluding carboxylic acids is 2. The number of aromatic nitrogens is 3. The van der Waals surface area contributed by atoms with Gasteiger partial charge in [-0.25, -0.2) is 9.78 Å². The number of thioether (sulfide) groups is 1. The molecule has 0 saturated carbocycles. The van der Waals surface area contributed by atoms with Gasteiger partial charge in [0, 0.05) is 22.2 Å². The Morgan fingerprint density at radius 3 is 2.35 bits per heavy atom. The van der Waals surface area contributed by atoms with Crippen LogP contribution in [0.2, 0.25) is 0 Å². The molecule has 0 spiro atoms. The lowest BCUT2D eigenvalue weighted by Crippen LogP contribution is -2.14. The van der Waals surface area contributed by atoms with Gasteiger partial charge >= 0.3 is 5.97 Å². The van der Waals surface area contributed by atoms with Crippen molar-refractivity contribution in [1.29, 1.82) is 0 Å². The predicted octanol–water partition coefficient (Wildman–Crippen LogP) is 4.19. The Labute approximate surface area is 181 Å². The summed E-state index contributed by atoms with van der Waals surface area (Å²) in [5.74, 6) is -0.492. The van der Waals surface area contributed by atoms with Gasteiger partial charge in [0.2, 0.25) is 11.1 Å². The van der Waals surface area contributed by atoms with Crippen molar-refractivity contribution in [3.05, 3.63) is 66.2 Å². The lowest BCUT2D eigenvalue weighted by atomic mass is 10.0. The number of amides is 1. The summed E-state index contributed by atoms with van der Waals surface area (Å²) >= 11 is 1.22. The van der Waals surface area contributed by atoms with Crippen LogP contribution in [-0.2, 0) is 9.53 Å². The fourth-order valence-electron chi connectivity index (χ4n) is 3.61. The van der Waals surface area contributed by atoms with Gasteiger partial charge in [-0.05, 0) is 29.7 Å². The Bertz CT molecular complexity index is 1330. The molecule has 0 fully saturated rings. The largest absolute Gasteiger partial charge is 0.465 e. The van der Waals surface area contributed by atoms with Crippen molar-refractivity contribution in [2.24, 2.45) is 0 Å². The van der Waals surface area contributed by atoms with E-state index in [9.17, 15) is 9.59 Å².